The summed E-state index contributed by atoms with van der Waals surface area (Å²) in [6.45, 7) is 15.6. The van der Waals surface area contributed by atoms with Crippen LogP contribution in [0.2, 0.25) is 0 Å². The average Bonchev–Trinajstić information content (AvgIpc) is 3.08. The van der Waals surface area contributed by atoms with E-state index in [1.807, 2.05) is 32.0 Å². The van der Waals surface area contributed by atoms with E-state index in [4.69, 9.17) is 16.3 Å². The normalized spacial score (nSPS) is 18.2. The molecule has 0 saturated carbocycles. The molecule has 0 unspecified atom stereocenters. The lowest BCUT2D eigenvalue weighted by atomic mass is 9.96. The molecule has 3 heterocycles. The van der Waals surface area contributed by atoms with Crippen LogP contribution in [0.1, 0.15) is 26.3 Å². The van der Waals surface area contributed by atoms with Crippen LogP contribution in [-0.4, -0.2) is 41.0 Å². The molecule has 1 atom stereocenters. The van der Waals surface area contributed by atoms with Crippen molar-refractivity contribution in [2.45, 2.75) is 32.4 Å². The maximum atomic E-state index is 7.50. The van der Waals surface area contributed by atoms with Crippen LogP contribution in [0.15, 0.2) is 24.4 Å². The number of aromatic amines is 1. The zero-order chi connectivity index (χ0) is 17.2. The van der Waals surface area contributed by atoms with Crippen LogP contribution < -0.4 is 10.2 Å². The molecule has 0 bridgehead atoms. The van der Waals surface area contributed by atoms with Crippen molar-refractivity contribution in [1.82, 2.24) is 15.2 Å². The summed E-state index contributed by atoms with van der Waals surface area (Å²) in [5, 5.41) is 10.0. The van der Waals surface area contributed by atoms with Crippen molar-refractivity contribution in [2.75, 3.05) is 30.0 Å². The third kappa shape index (κ3) is 3.34. The van der Waals surface area contributed by atoms with E-state index in [1.54, 1.807) is 6.20 Å². The van der Waals surface area contributed by atoms with Gasteiger partial charge in [-0.25, -0.2) is 11.6 Å². The highest BCUT2D eigenvalue weighted by molar-refractivity contribution is 5.58. The van der Waals surface area contributed by atoms with Crippen molar-refractivity contribution in [3.8, 4) is 0 Å². The minimum atomic E-state index is -0.613. The van der Waals surface area contributed by atoms with Crippen LogP contribution in [0, 0.1) is 6.57 Å². The number of pyridine rings is 1. The van der Waals surface area contributed by atoms with Gasteiger partial charge < -0.3 is 19.8 Å². The van der Waals surface area contributed by atoms with Gasteiger partial charge >= 0.3 is 0 Å². The highest BCUT2D eigenvalue weighted by Gasteiger charge is 2.29. The minimum absolute atomic E-state index is 0.248. The van der Waals surface area contributed by atoms with Gasteiger partial charge in [-0.15, -0.1) is 0 Å². The summed E-state index contributed by atoms with van der Waals surface area (Å²) in [6, 6.07) is 6.02. The fourth-order valence-electron chi connectivity index (χ4n) is 2.68. The first kappa shape index (κ1) is 16.3. The molecule has 0 spiro atoms. The lowest BCUT2D eigenvalue weighted by molar-refractivity contribution is 0.0985. The number of morpholine rings is 1. The van der Waals surface area contributed by atoms with Crippen molar-refractivity contribution in [3.63, 3.8) is 0 Å². The molecule has 0 aliphatic carbocycles. The summed E-state index contributed by atoms with van der Waals surface area (Å²) in [5.41, 5.74) is 0.320. The topological polar surface area (TPSA) is 70.4 Å². The van der Waals surface area contributed by atoms with Gasteiger partial charge in [0.25, 0.3) is 5.54 Å². The highest BCUT2D eigenvalue weighted by atomic mass is 16.5. The van der Waals surface area contributed by atoms with Crippen LogP contribution in [0.3, 0.4) is 0 Å². The maximum Gasteiger partial charge on any atom is 0.252 e. The molecule has 0 radical (unpaired) electrons. The van der Waals surface area contributed by atoms with E-state index in [0.717, 1.165) is 23.7 Å². The van der Waals surface area contributed by atoms with Crippen molar-refractivity contribution in [1.29, 1.82) is 0 Å². The predicted molar refractivity (Wildman–Crippen MR) is 93.4 cm³/mol. The Morgan fingerprint density at radius 3 is 2.96 bits per heavy atom. The average molecular weight is 326 g/mol. The van der Waals surface area contributed by atoms with Gasteiger partial charge in [-0.2, -0.15) is 5.10 Å². The second-order valence-corrected chi connectivity index (χ2v) is 6.48. The molecule has 1 aliphatic heterocycles. The number of nitrogens with one attached hydrogen (secondary N) is 2. The number of anilines is 3. The number of H-pyrrole nitrogens is 1. The number of rotatable bonds is 4. The Balaban J connectivity index is 2.01. The largest absolute Gasteiger partial charge is 0.377 e. The molecule has 7 heteroatoms. The fraction of sp³-hybridized carbons (Fsp3) is 0.471. The molecule has 7 nitrogen and oxygen atoms in total. The standard InChI is InChI=1S/C17H22N6O/c1-12-11-24-8-7-23(12)16-10-13(17(2,3)18-4)9-15(21-16)20-14-5-6-19-22-14/h5-6,9-10,12H,7-8,11H2,1-3H3,(H2,19,20,21,22)/t12-/m1/s1. The van der Waals surface area contributed by atoms with Crippen molar-refractivity contribution >= 4 is 17.5 Å². The van der Waals surface area contributed by atoms with Crippen molar-refractivity contribution < 1.29 is 4.74 Å². The van der Waals surface area contributed by atoms with Gasteiger partial charge in [0.15, 0.2) is 0 Å². The number of hydrogen-bond acceptors (Lipinski definition) is 5. The van der Waals surface area contributed by atoms with Gasteiger partial charge in [0, 0.05) is 32.0 Å². The maximum absolute atomic E-state index is 7.50. The molecular weight excluding hydrogens is 304 g/mol. The molecule has 2 aromatic heterocycles. The Labute approximate surface area is 141 Å². The lowest BCUT2D eigenvalue weighted by Crippen LogP contribution is -2.44. The van der Waals surface area contributed by atoms with Crippen LogP contribution in [-0.2, 0) is 10.3 Å². The van der Waals surface area contributed by atoms with Crippen LogP contribution in [0.5, 0.6) is 0 Å². The van der Waals surface area contributed by atoms with Crippen LogP contribution in [0.4, 0.5) is 17.5 Å². The molecule has 1 aliphatic rings. The van der Waals surface area contributed by atoms with E-state index in [0.29, 0.717) is 19.0 Å². The quantitative estimate of drug-likeness (QED) is 0.845. The van der Waals surface area contributed by atoms with E-state index in [-0.39, 0.29) is 6.04 Å². The van der Waals surface area contributed by atoms with Gasteiger partial charge in [0.1, 0.15) is 17.5 Å². The molecule has 3 rings (SSSR count). The zero-order valence-electron chi connectivity index (χ0n) is 14.2. The number of aromatic nitrogens is 3. The summed E-state index contributed by atoms with van der Waals surface area (Å²) in [6.07, 6.45) is 1.68. The van der Waals surface area contributed by atoms with Gasteiger partial charge in [0.2, 0.25) is 0 Å². The molecule has 1 saturated heterocycles. The van der Waals surface area contributed by atoms with Gasteiger partial charge in [0.05, 0.1) is 25.5 Å². The fourth-order valence-corrected chi connectivity index (χ4v) is 2.68. The SMILES string of the molecule is [C-]#[N+]C(C)(C)c1cc(Nc2ccn[nH]2)nc(N2CCOC[C@H]2C)c1. The first-order valence-corrected chi connectivity index (χ1v) is 8.01. The monoisotopic (exact) mass is 326 g/mol. The lowest BCUT2D eigenvalue weighted by Gasteiger charge is -2.34. The summed E-state index contributed by atoms with van der Waals surface area (Å²) in [7, 11) is 0. The molecule has 24 heavy (non-hydrogen) atoms. The Morgan fingerprint density at radius 2 is 2.29 bits per heavy atom. The Kier molecular flexibility index (Phi) is 4.40. The third-order valence-corrected chi connectivity index (χ3v) is 4.22. The first-order valence-electron chi connectivity index (χ1n) is 8.01. The van der Waals surface area contributed by atoms with Gasteiger partial charge in [-0.05, 0) is 19.1 Å². The number of hydrogen-bond donors (Lipinski definition) is 2. The molecule has 0 amide bonds. The van der Waals surface area contributed by atoms with Crippen LogP contribution in [0.25, 0.3) is 4.85 Å². The Hall–Kier alpha value is -2.59. The number of nitrogens with zero attached hydrogens (tertiary/aromatic N) is 4. The van der Waals surface area contributed by atoms with Crippen molar-refractivity contribution in [2.24, 2.45) is 0 Å². The Morgan fingerprint density at radius 1 is 1.46 bits per heavy atom. The summed E-state index contributed by atoms with van der Waals surface area (Å²) >= 11 is 0. The van der Waals surface area contributed by atoms with E-state index in [9.17, 15) is 0 Å². The summed E-state index contributed by atoms with van der Waals surface area (Å²) in [4.78, 5) is 10.7. The van der Waals surface area contributed by atoms with E-state index >= 15 is 0 Å². The third-order valence-electron chi connectivity index (χ3n) is 4.22. The van der Waals surface area contributed by atoms with Gasteiger partial charge in [-0.1, -0.05) is 0 Å². The predicted octanol–water partition coefficient (Wildman–Crippen LogP) is 2.93. The summed E-state index contributed by atoms with van der Waals surface area (Å²) < 4.78 is 5.52. The van der Waals surface area contributed by atoms with Gasteiger partial charge in [-0.3, -0.25) is 5.10 Å². The number of ether oxygens (including phenoxy) is 1. The Bertz CT molecular complexity index is 734. The molecule has 0 aromatic carbocycles. The second-order valence-electron chi connectivity index (χ2n) is 6.48. The highest BCUT2D eigenvalue weighted by Crippen LogP contribution is 2.31. The molecule has 126 valence electrons. The van der Waals surface area contributed by atoms with E-state index < -0.39 is 5.54 Å². The second kappa shape index (κ2) is 6.49. The van der Waals surface area contributed by atoms with Crippen LogP contribution >= 0.6 is 0 Å². The molecule has 2 N–H and O–H groups in total. The molecular formula is C17H22N6O. The van der Waals surface area contributed by atoms with Crippen molar-refractivity contribution in [3.05, 3.63) is 41.4 Å². The zero-order valence-corrected chi connectivity index (χ0v) is 14.2. The molecule has 1 fully saturated rings. The first-order chi connectivity index (χ1) is 11.5. The molecule has 2 aromatic rings. The summed E-state index contributed by atoms with van der Waals surface area (Å²) in [5.74, 6) is 2.32. The minimum Gasteiger partial charge on any atom is -0.377 e. The van der Waals surface area contributed by atoms with E-state index in [2.05, 4.69) is 32.2 Å². The smallest absolute Gasteiger partial charge is 0.252 e. The van der Waals surface area contributed by atoms with E-state index in [1.165, 1.54) is 0 Å².